The van der Waals surface area contributed by atoms with Crippen molar-refractivity contribution in [1.82, 2.24) is 0 Å². The Morgan fingerprint density at radius 2 is 1.79 bits per heavy atom. The molecule has 80 valence electrons. The minimum absolute atomic E-state index is 0.322. The molecule has 0 spiro atoms. The molecule has 0 amide bonds. The molecule has 2 fully saturated rings. The summed E-state index contributed by atoms with van der Waals surface area (Å²) in [4.78, 5) is 11.7. The highest BCUT2D eigenvalue weighted by Gasteiger charge is 2.24. The Kier molecular flexibility index (Phi) is 3.57. The minimum atomic E-state index is 0.322. The van der Waals surface area contributed by atoms with E-state index < -0.39 is 0 Å². The second-order valence-corrected chi connectivity index (χ2v) is 4.76. The zero-order valence-corrected chi connectivity index (χ0v) is 8.84. The van der Waals surface area contributed by atoms with Crippen molar-refractivity contribution in [2.45, 2.75) is 44.9 Å². The van der Waals surface area contributed by atoms with E-state index in [2.05, 4.69) is 0 Å². The lowest BCUT2D eigenvalue weighted by molar-refractivity contribution is -0.128. The van der Waals surface area contributed by atoms with E-state index >= 15 is 0 Å². The highest BCUT2D eigenvalue weighted by molar-refractivity contribution is 5.82. The van der Waals surface area contributed by atoms with Crippen molar-refractivity contribution in [2.75, 3.05) is 13.2 Å². The van der Waals surface area contributed by atoms with Crippen molar-refractivity contribution in [3.63, 3.8) is 0 Å². The lowest BCUT2D eigenvalue weighted by Gasteiger charge is -2.19. The Bertz CT molecular complexity index is 190. The fourth-order valence-corrected chi connectivity index (χ4v) is 2.15. The number of rotatable bonds is 5. The largest absolute Gasteiger partial charge is 0.373 e. The fraction of sp³-hybridized carbons (Fsp3) is 0.917. The molecule has 0 radical (unpaired) electrons. The predicted octanol–water partition coefficient (Wildman–Crippen LogP) is 2.56. The molecule has 0 saturated heterocycles. The van der Waals surface area contributed by atoms with Gasteiger partial charge in [0.2, 0.25) is 0 Å². The number of hydrogen-bond donors (Lipinski definition) is 0. The average molecular weight is 196 g/mol. The van der Waals surface area contributed by atoms with Gasteiger partial charge in [-0.1, -0.05) is 19.3 Å². The molecule has 2 nitrogen and oxygen atoms in total. The number of ether oxygens (including phenoxy) is 1. The van der Waals surface area contributed by atoms with Crippen LogP contribution in [-0.2, 0) is 9.53 Å². The molecule has 0 heterocycles. The van der Waals surface area contributed by atoms with Gasteiger partial charge in [0.1, 0.15) is 6.61 Å². The van der Waals surface area contributed by atoms with E-state index in [1.165, 1.54) is 32.1 Å². The van der Waals surface area contributed by atoms with E-state index in [9.17, 15) is 4.79 Å². The summed E-state index contributed by atoms with van der Waals surface area (Å²) in [6.45, 7) is 1.19. The molecule has 0 aliphatic heterocycles. The van der Waals surface area contributed by atoms with Crippen LogP contribution >= 0.6 is 0 Å². The molecule has 0 aromatic heterocycles. The quantitative estimate of drug-likeness (QED) is 0.675. The summed E-state index contributed by atoms with van der Waals surface area (Å²) in [5.74, 6) is 1.45. The Hall–Kier alpha value is -0.370. The zero-order chi connectivity index (χ0) is 9.80. The minimum Gasteiger partial charge on any atom is -0.373 e. The summed E-state index contributed by atoms with van der Waals surface area (Å²) in [6.07, 6.45) is 8.59. The molecule has 2 aliphatic rings. The predicted molar refractivity (Wildman–Crippen MR) is 55.1 cm³/mol. The van der Waals surface area contributed by atoms with Crippen molar-refractivity contribution >= 4 is 5.78 Å². The maximum atomic E-state index is 11.7. The van der Waals surface area contributed by atoms with Crippen molar-refractivity contribution in [1.29, 1.82) is 0 Å². The number of Topliss-reactive ketones (excluding diaryl/α,β-unsaturated/α-hetero) is 1. The topological polar surface area (TPSA) is 26.3 Å². The zero-order valence-electron chi connectivity index (χ0n) is 8.84. The summed E-state index contributed by atoms with van der Waals surface area (Å²) in [7, 11) is 0. The average Bonchev–Trinajstić information content (AvgIpc) is 3.03. The van der Waals surface area contributed by atoms with Gasteiger partial charge < -0.3 is 4.74 Å². The maximum Gasteiger partial charge on any atom is 0.161 e. The molecule has 14 heavy (non-hydrogen) atoms. The van der Waals surface area contributed by atoms with Gasteiger partial charge in [0.05, 0.1) is 0 Å². The van der Waals surface area contributed by atoms with Crippen molar-refractivity contribution in [2.24, 2.45) is 11.8 Å². The van der Waals surface area contributed by atoms with E-state index in [1.54, 1.807) is 0 Å². The molecule has 2 saturated carbocycles. The van der Waals surface area contributed by atoms with Crippen LogP contribution in [0.4, 0.5) is 0 Å². The first-order chi connectivity index (χ1) is 6.86. The van der Waals surface area contributed by atoms with Crippen molar-refractivity contribution in [3.8, 4) is 0 Å². The first-order valence-electron chi connectivity index (χ1n) is 5.96. The fourth-order valence-electron chi connectivity index (χ4n) is 2.15. The second kappa shape index (κ2) is 4.92. The van der Waals surface area contributed by atoms with Crippen molar-refractivity contribution in [3.05, 3.63) is 0 Å². The summed E-state index contributed by atoms with van der Waals surface area (Å²) in [5.41, 5.74) is 0. The Morgan fingerprint density at radius 1 is 1.07 bits per heavy atom. The van der Waals surface area contributed by atoms with Crippen LogP contribution < -0.4 is 0 Å². The molecule has 0 atom stereocenters. The van der Waals surface area contributed by atoms with E-state index in [-0.39, 0.29) is 0 Å². The molecule has 0 aromatic rings. The van der Waals surface area contributed by atoms with Crippen molar-refractivity contribution < 1.29 is 9.53 Å². The van der Waals surface area contributed by atoms with Gasteiger partial charge >= 0.3 is 0 Å². The van der Waals surface area contributed by atoms with Gasteiger partial charge in [-0.3, -0.25) is 4.79 Å². The summed E-state index contributed by atoms with van der Waals surface area (Å²) in [5, 5.41) is 0. The Labute approximate surface area is 86.0 Å². The monoisotopic (exact) mass is 196 g/mol. The van der Waals surface area contributed by atoms with Crippen LogP contribution in [-0.4, -0.2) is 19.0 Å². The third-order valence-corrected chi connectivity index (χ3v) is 3.36. The molecule has 0 unspecified atom stereocenters. The van der Waals surface area contributed by atoms with E-state index in [0.29, 0.717) is 18.3 Å². The van der Waals surface area contributed by atoms with Gasteiger partial charge in [-0.05, 0) is 31.6 Å². The standard InChI is InChI=1S/C12H20O2/c13-12(9-14-8-10-6-7-10)11-4-2-1-3-5-11/h10-11H,1-9H2. The Balaban J connectivity index is 1.60. The summed E-state index contributed by atoms with van der Waals surface area (Å²) in [6, 6.07) is 0. The molecule has 0 N–H and O–H groups in total. The molecule has 0 bridgehead atoms. The number of carbonyl (C=O) groups excluding carboxylic acids is 1. The highest BCUT2D eigenvalue weighted by atomic mass is 16.5. The van der Waals surface area contributed by atoms with Crippen LogP contribution in [0.5, 0.6) is 0 Å². The van der Waals surface area contributed by atoms with Crippen LogP contribution in [0.15, 0.2) is 0 Å². The first-order valence-corrected chi connectivity index (χ1v) is 5.96. The first kappa shape index (κ1) is 10.2. The van der Waals surface area contributed by atoms with Gasteiger partial charge in [0.25, 0.3) is 0 Å². The molecule has 2 aliphatic carbocycles. The van der Waals surface area contributed by atoms with Gasteiger partial charge in [0, 0.05) is 12.5 Å². The smallest absolute Gasteiger partial charge is 0.161 e. The van der Waals surface area contributed by atoms with E-state index in [1.807, 2.05) is 0 Å². The lowest BCUT2D eigenvalue weighted by atomic mass is 9.86. The SMILES string of the molecule is O=C(COCC1CC1)C1CCCCC1. The van der Waals surface area contributed by atoms with Crippen LogP contribution in [0, 0.1) is 11.8 Å². The third kappa shape index (κ3) is 3.09. The highest BCUT2D eigenvalue weighted by Crippen LogP contribution is 2.29. The Morgan fingerprint density at radius 3 is 2.43 bits per heavy atom. The van der Waals surface area contributed by atoms with Gasteiger partial charge in [-0.25, -0.2) is 0 Å². The molecular weight excluding hydrogens is 176 g/mol. The lowest BCUT2D eigenvalue weighted by Crippen LogP contribution is -2.22. The van der Waals surface area contributed by atoms with Crippen LogP contribution in [0.25, 0.3) is 0 Å². The molecule has 2 heteroatoms. The van der Waals surface area contributed by atoms with Gasteiger partial charge in [-0.2, -0.15) is 0 Å². The number of carbonyl (C=O) groups is 1. The normalized spacial score (nSPS) is 23.7. The number of ketones is 1. The van der Waals surface area contributed by atoms with E-state index in [4.69, 9.17) is 4.74 Å². The van der Waals surface area contributed by atoms with E-state index in [0.717, 1.165) is 25.4 Å². The second-order valence-electron chi connectivity index (χ2n) is 4.76. The van der Waals surface area contributed by atoms with Crippen LogP contribution in [0.1, 0.15) is 44.9 Å². The molecular formula is C12H20O2. The summed E-state index contributed by atoms with van der Waals surface area (Å²) < 4.78 is 5.42. The van der Waals surface area contributed by atoms with Crippen LogP contribution in [0.2, 0.25) is 0 Å². The number of hydrogen-bond acceptors (Lipinski definition) is 2. The van der Waals surface area contributed by atoms with Crippen LogP contribution in [0.3, 0.4) is 0 Å². The molecule has 0 aromatic carbocycles. The van der Waals surface area contributed by atoms with Gasteiger partial charge in [-0.15, -0.1) is 0 Å². The summed E-state index contributed by atoms with van der Waals surface area (Å²) >= 11 is 0. The third-order valence-electron chi connectivity index (χ3n) is 3.36. The van der Waals surface area contributed by atoms with Gasteiger partial charge in [0.15, 0.2) is 5.78 Å². The molecule has 2 rings (SSSR count). The maximum absolute atomic E-state index is 11.7.